The van der Waals surface area contributed by atoms with E-state index in [0.717, 1.165) is 11.8 Å². The van der Waals surface area contributed by atoms with Gasteiger partial charge >= 0.3 is 5.97 Å². The molecule has 13 heteroatoms. The molecule has 0 saturated carbocycles. The summed E-state index contributed by atoms with van der Waals surface area (Å²) in [5.41, 5.74) is 0. The molecule has 0 aliphatic carbocycles. The number of sulfonamides is 1. The lowest BCUT2D eigenvalue weighted by Crippen LogP contribution is -2.29. The van der Waals surface area contributed by atoms with Gasteiger partial charge in [0.1, 0.15) is 5.75 Å². The Kier molecular flexibility index (Phi) is 8.65. The highest BCUT2D eigenvalue weighted by Gasteiger charge is 2.33. The SMILES string of the molecule is CCOC(=O)COc1ccc(SCCNS(=O)(=O)c2c(F)c(F)c(F)c(F)c2F)cc1. The number of ether oxygens (including phenoxy) is 2. The molecule has 0 atom stereocenters. The maximum atomic E-state index is 13.7. The van der Waals surface area contributed by atoms with Crippen molar-refractivity contribution in [3.8, 4) is 5.75 Å². The fourth-order valence-electron chi connectivity index (χ4n) is 2.21. The molecule has 0 spiro atoms. The first-order valence-electron chi connectivity index (χ1n) is 8.60. The van der Waals surface area contributed by atoms with Crippen molar-refractivity contribution in [2.45, 2.75) is 16.7 Å². The van der Waals surface area contributed by atoms with Crippen molar-refractivity contribution in [2.24, 2.45) is 0 Å². The van der Waals surface area contributed by atoms with Crippen molar-refractivity contribution < 1.29 is 44.6 Å². The number of carbonyl (C=O) groups excluding carboxylic acids is 1. The molecule has 0 bridgehead atoms. The Balaban J connectivity index is 1.92. The van der Waals surface area contributed by atoms with Crippen LogP contribution in [0.5, 0.6) is 5.75 Å². The highest BCUT2D eigenvalue weighted by atomic mass is 32.2. The van der Waals surface area contributed by atoms with E-state index in [9.17, 15) is 35.2 Å². The maximum absolute atomic E-state index is 13.7. The lowest BCUT2D eigenvalue weighted by Gasteiger charge is -2.10. The minimum Gasteiger partial charge on any atom is -0.482 e. The molecule has 2 aromatic carbocycles. The van der Waals surface area contributed by atoms with Gasteiger partial charge in [-0.15, -0.1) is 11.8 Å². The first-order chi connectivity index (χ1) is 14.6. The standard InChI is InChI=1S/C18H16F5NO5S2/c1-2-28-12(25)9-29-10-3-5-11(6-4-10)30-8-7-24-31(26,27)18-16(22)14(20)13(19)15(21)17(18)23/h3-6,24H,2,7-9H2,1H3. The molecular formula is C18H16F5NO5S2. The summed E-state index contributed by atoms with van der Waals surface area (Å²) in [6, 6.07) is 6.34. The van der Waals surface area contributed by atoms with Crippen molar-refractivity contribution in [2.75, 3.05) is 25.5 Å². The Hall–Kier alpha value is -2.38. The van der Waals surface area contributed by atoms with E-state index >= 15 is 0 Å². The first kappa shape index (κ1) is 24.9. The zero-order valence-electron chi connectivity index (χ0n) is 15.9. The molecule has 1 N–H and O–H groups in total. The minimum absolute atomic E-state index is 0.0810. The van der Waals surface area contributed by atoms with Crippen LogP contribution in [0.25, 0.3) is 0 Å². The van der Waals surface area contributed by atoms with Gasteiger partial charge in [-0.3, -0.25) is 0 Å². The summed E-state index contributed by atoms with van der Waals surface area (Å²) in [7, 11) is -4.99. The molecule has 0 aliphatic rings. The Morgan fingerprint density at radius 1 is 0.968 bits per heavy atom. The maximum Gasteiger partial charge on any atom is 0.344 e. The third-order valence-electron chi connectivity index (χ3n) is 3.59. The zero-order valence-corrected chi connectivity index (χ0v) is 17.5. The summed E-state index contributed by atoms with van der Waals surface area (Å²) in [5, 5.41) is 0. The molecule has 0 saturated heterocycles. The number of hydrogen-bond donors (Lipinski definition) is 1. The number of esters is 1. The van der Waals surface area contributed by atoms with E-state index in [1.54, 1.807) is 35.9 Å². The number of carbonyl (C=O) groups is 1. The average molecular weight is 485 g/mol. The number of nitrogens with one attached hydrogen (secondary N) is 1. The van der Waals surface area contributed by atoms with Crippen molar-refractivity contribution >= 4 is 27.8 Å². The molecule has 0 fully saturated rings. The van der Waals surface area contributed by atoms with Gasteiger partial charge in [0.05, 0.1) is 6.61 Å². The summed E-state index contributed by atoms with van der Waals surface area (Å²) in [6.07, 6.45) is 0. The predicted octanol–water partition coefficient (Wildman–Crippen LogP) is 3.39. The number of benzene rings is 2. The van der Waals surface area contributed by atoms with E-state index in [-0.39, 0.29) is 25.5 Å². The molecule has 0 radical (unpaired) electrons. The van der Waals surface area contributed by atoms with E-state index in [2.05, 4.69) is 0 Å². The lowest BCUT2D eigenvalue weighted by molar-refractivity contribution is -0.145. The van der Waals surface area contributed by atoms with Gasteiger partial charge < -0.3 is 9.47 Å². The fourth-order valence-corrected chi connectivity index (χ4v) is 4.28. The van der Waals surface area contributed by atoms with Crippen LogP contribution in [0.1, 0.15) is 6.92 Å². The summed E-state index contributed by atoms with van der Waals surface area (Å²) in [4.78, 5) is 9.96. The normalized spacial score (nSPS) is 11.4. The van der Waals surface area contributed by atoms with E-state index in [0.29, 0.717) is 10.6 Å². The van der Waals surface area contributed by atoms with Crippen LogP contribution in [0.2, 0.25) is 0 Å². The van der Waals surface area contributed by atoms with E-state index in [4.69, 9.17) is 9.47 Å². The van der Waals surface area contributed by atoms with Gasteiger partial charge in [-0.2, -0.15) is 0 Å². The second-order valence-corrected chi connectivity index (χ2v) is 8.58. The van der Waals surface area contributed by atoms with Gasteiger partial charge in [-0.05, 0) is 31.2 Å². The van der Waals surface area contributed by atoms with Crippen LogP contribution in [-0.2, 0) is 19.6 Å². The van der Waals surface area contributed by atoms with Crippen LogP contribution in [0.3, 0.4) is 0 Å². The van der Waals surface area contributed by atoms with E-state index in [1.165, 1.54) is 0 Å². The van der Waals surface area contributed by atoms with Gasteiger partial charge in [0, 0.05) is 17.2 Å². The molecule has 2 rings (SSSR count). The number of rotatable bonds is 10. The van der Waals surface area contributed by atoms with Gasteiger partial charge in [-0.25, -0.2) is 39.9 Å². The fraction of sp³-hybridized carbons (Fsp3) is 0.278. The Labute approximate surface area is 178 Å². The third-order valence-corrected chi connectivity index (χ3v) is 6.08. The number of halogens is 5. The Morgan fingerprint density at radius 3 is 2.06 bits per heavy atom. The molecule has 2 aromatic rings. The van der Waals surface area contributed by atoms with Crippen molar-refractivity contribution in [1.82, 2.24) is 4.72 Å². The molecule has 6 nitrogen and oxygen atoms in total. The van der Waals surface area contributed by atoms with Crippen molar-refractivity contribution in [3.05, 3.63) is 53.4 Å². The molecule has 31 heavy (non-hydrogen) atoms. The van der Waals surface area contributed by atoms with Crippen molar-refractivity contribution in [3.63, 3.8) is 0 Å². The monoisotopic (exact) mass is 485 g/mol. The van der Waals surface area contributed by atoms with Crippen LogP contribution >= 0.6 is 11.8 Å². The van der Waals surface area contributed by atoms with Gasteiger partial charge in [-0.1, -0.05) is 0 Å². The highest BCUT2D eigenvalue weighted by Crippen LogP contribution is 2.27. The second kappa shape index (κ2) is 10.8. The third kappa shape index (κ3) is 6.31. The average Bonchev–Trinajstić information content (AvgIpc) is 2.73. The predicted molar refractivity (Wildman–Crippen MR) is 101 cm³/mol. The lowest BCUT2D eigenvalue weighted by atomic mass is 10.3. The van der Waals surface area contributed by atoms with Gasteiger partial charge in [0.15, 0.2) is 34.8 Å². The second-order valence-electron chi connectivity index (χ2n) is 5.71. The van der Waals surface area contributed by atoms with Gasteiger partial charge in [0.25, 0.3) is 0 Å². The minimum atomic E-state index is -4.99. The zero-order chi connectivity index (χ0) is 23.2. The summed E-state index contributed by atoms with van der Waals surface area (Å²) in [6.45, 7) is 1.27. The van der Waals surface area contributed by atoms with Crippen LogP contribution < -0.4 is 9.46 Å². The smallest absolute Gasteiger partial charge is 0.344 e. The Bertz CT molecular complexity index is 1020. The number of thioether (sulfide) groups is 1. The van der Waals surface area contributed by atoms with Crippen LogP contribution in [-0.4, -0.2) is 39.9 Å². The van der Waals surface area contributed by atoms with E-state index < -0.39 is 50.0 Å². The first-order valence-corrected chi connectivity index (χ1v) is 11.1. The molecule has 0 aliphatic heterocycles. The highest BCUT2D eigenvalue weighted by molar-refractivity contribution is 7.99. The Morgan fingerprint density at radius 2 is 1.52 bits per heavy atom. The quantitative estimate of drug-likeness (QED) is 0.139. The summed E-state index contributed by atoms with van der Waals surface area (Å²) >= 11 is 1.14. The van der Waals surface area contributed by atoms with Crippen LogP contribution in [0.15, 0.2) is 34.1 Å². The molecule has 0 heterocycles. The molecule has 0 amide bonds. The summed E-state index contributed by atoms with van der Waals surface area (Å²) < 4.78 is 103. The number of hydrogen-bond acceptors (Lipinski definition) is 6. The van der Waals surface area contributed by atoms with Crippen molar-refractivity contribution in [1.29, 1.82) is 0 Å². The largest absolute Gasteiger partial charge is 0.482 e. The molecular weight excluding hydrogens is 469 g/mol. The van der Waals surface area contributed by atoms with Gasteiger partial charge in [0.2, 0.25) is 15.8 Å². The topological polar surface area (TPSA) is 81.7 Å². The summed E-state index contributed by atoms with van der Waals surface area (Å²) in [5.74, 6) is -12.1. The molecule has 170 valence electrons. The van der Waals surface area contributed by atoms with E-state index in [1.807, 2.05) is 0 Å². The molecule has 0 unspecified atom stereocenters. The molecule has 0 aromatic heterocycles. The van der Waals surface area contributed by atoms with Crippen LogP contribution in [0.4, 0.5) is 22.0 Å². The van der Waals surface area contributed by atoms with Crippen LogP contribution in [0, 0.1) is 29.1 Å².